The van der Waals surface area contributed by atoms with E-state index in [2.05, 4.69) is 36.2 Å². The number of rotatable bonds is 5. The van der Waals surface area contributed by atoms with Gasteiger partial charge in [-0.1, -0.05) is 44.2 Å². The molecule has 0 radical (unpaired) electrons. The second kappa shape index (κ2) is 8.46. The van der Waals surface area contributed by atoms with Crippen LogP contribution in [0.1, 0.15) is 32.8 Å². The number of hydrogen-bond donors (Lipinski definition) is 1. The molecule has 1 fully saturated rings. The van der Waals surface area contributed by atoms with Crippen molar-refractivity contribution in [2.45, 2.75) is 32.6 Å². The van der Waals surface area contributed by atoms with Crippen molar-refractivity contribution in [3.63, 3.8) is 0 Å². The van der Waals surface area contributed by atoms with Gasteiger partial charge in [-0.15, -0.1) is 0 Å². The highest BCUT2D eigenvalue weighted by Crippen LogP contribution is 2.27. The number of benzene rings is 2. The Morgan fingerprint density at radius 3 is 2.11 bits per heavy atom. The summed E-state index contributed by atoms with van der Waals surface area (Å²) in [5.74, 6) is 0.146. The van der Waals surface area contributed by atoms with Crippen molar-refractivity contribution in [3.8, 4) is 0 Å². The fourth-order valence-electron chi connectivity index (χ4n) is 3.63. The third kappa shape index (κ3) is 4.91. The first-order valence-electron chi connectivity index (χ1n) is 9.81. The lowest BCUT2D eigenvalue weighted by Crippen LogP contribution is -2.48. The van der Waals surface area contributed by atoms with Gasteiger partial charge in [0.25, 0.3) is 0 Å². The molecule has 0 atom stereocenters. The molecule has 1 N–H and O–H groups in total. The summed E-state index contributed by atoms with van der Waals surface area (Å²) in [5, 5.41) is 3.01. The van der Waals surface area contributed by atoms with Gasteiger partial charge in [-0.2, -0.15) is 0 Å². The molecule has 0 unspecified atom stereocenters. The van der Waals surface area contributed by atoms with Crippen molar-refractivity contribution in [2.24, 2.45) is 0 Å². The lowest BCUT2D eigenvalue weighted by atomic mass is 9.81. The maximum atomic E-state index is 12.5. The topological polar surface area (TPSA) is 52.7 Å². The number of piperazine rings is 1. The number of carbonyl (C=O) groups excluding carboxylic acids is 2. The Labute approximate surface area is 167 Å². The molecule has 0 bridgehead atoms. The molecular weight excluding hydrogens is 350 g/mol. The van der Waals surface area contributed by atoms with E-state index in [9.17, 15) is 9.59 Å². The van der Waals surface area contributed by atoms with Gasteiger partial charge < -0.3 is 15.1 Å². The number of nitrogens with zero attached hydrogens (tertiary/aromatic N) is 2. The summed E-state index contributed by atoms with van der Waals surface area (Å²) >= 11 is 0. The molecule has 0 aromatic heterocycles. The average Bonchev–Trinajstić information content (AvgIpc) is 2.69. The van der Waals surface area contributed by atoms with E-state index in [-0.39, 0.29) is 17.2 Å². The van der Waals surface area contributed by atoms with Crippen LogP contribution in [0.2, 0.25) is 0 Å². The largest absolute Gasteiger partial charge is 0.368 e. The Morgan fingerprint density at radius 2 is 1.54 bits per heavy atom. The molecule has 5 heteroatoms. The zero-order chi connectivity index (χ0) is 20.1. The second-order valence-electron chi connectivity index (χ2n) is 8.01. The predicted octanol–water partition coefficient (Wildman–Crippen LogP) is 3.66. The number of anilines is 2. The number of carbonyl (C=O) groups is 2. The van der Waals surface area contributed by atoms with Gasteiger partial charge in [-0.3, -0.25) is 9.59 Å². The van der Waals surface area contributed by atoms with Crippen LogP contribution >= 0.6 is 0 Å². The van der Waals surface area contributed by atoms with Crippen molar-refractivity contribution in [3.05, 3.63) is 60.2 Å². The van der Waals surface area contributed by atoms with Crippen LogP contribution in [0, 0.1) is 0 Å². The van der Waals surface area contributed by atoms with Gasteiger partial charge in [0.15, 0.2) is 0 Å². The Bertz CT molecular complexity index is 808. The molecule has 0 spiro atoms. The Hall–Kier alpha value is -2.82. The van der Waals surface area contributed by atoms with Crippen LogP contribution in [0.4, 0.5) is 11.4 Å². The highest BCUT2D eigenvalue weighted by molar-refractivity contribution is 5.91. The minimum Gasteiger partial charge on any atom is -0.368 e. The van der Waals surface area contributed by atoms with Gasteiger partial charge in [0, 0.05) is 50.9 Å². The molecule has 0 aliphatic carbocycles. The van der Waals surface area contributed by atoms with Crippen LogP contribution in [0.25, 0.3) is 0 Å². The molecule has 1 heterocycles. The van der Waals surface area contributed by atoms with E-state index in [0.717, 1.165) is 43.1 Å². The van der Waals surface area contributed by atoms with Crippen LogP contribution < -0.4 is 10.2 Å². The number of hydrogen-bond acceptors (Lipinski definition) is 3. The maximum absolute atomic E-state index is 12.5. The molecule has 2 aromatic carbocycles. The third-order valence-electron chi connectivity index (χ3n) is 5.40. The Balaban J connectivity index is 1.56. The molecule has 1 aliphatic heterocycles. The minimum atomic E-state index is -0.221. The molecule has 1 saturated heterocycles. The summed E-state index contributed by atoms with van der Waals surface area (Å²) in [6, 6.07) is 18.1. The van der Waals surface area contributed by atoms with Crippen LogP contribution in [0.5, 0.6) is 0 Å². The lowest BCUT2D eigenvalue weighted by Gasteiger charge is -2.35. The molecule has 3 rings (SSSR count). The van der Waals surface area contributed by atoms with Crippen LogP contribution in [-0.4, -0.2) is 42.9 Å². The first kappa shape index (κ1) is 19.9. The summed E-state index contributed by atoms with van der Waals surface area (Å²) in [5.41, 5.74) is 2.86. The van der Waals surface area contributed by atoms with Gasteiger partial charge in [-0.25, -0.2) is 0 Å². The standard InChI is InChI=1S/C23H29N3O2/c1-18(27)25-13-15-26(16-14-25)21-11-9-20(10-12-21)24-22(28)17-23(2,3)19-7-5-4-6-8-19/h4-12H,13-17H2,1-3H3,(H,24,28). The quantitative estimate of drug-likeness (QED) is 0.863. The summed E-state index contributed by atoms with van der Waals surface area (Å²) in [4.78, 5) is 28.1. The number of nitrogens with one attached hydrogen (secondary N) is 1. The normalized spacial score (nSPS) is 14.7. The van der Waals surface area contributed by atoms with Gasteiger partial charge in [-0.05, 0) is 35.2 Å². The monoisotopic (exact) mass is 379 g/mol. The maximum Gasteiger partial charge on any atom is 0.225 e. The molecule has 1 aliphatic rings. The fourth-order valence-corrected chi connectivity index (χ4v) is 3.63. The van der Waals surface area contributed by atoms with E-state index in [1.54, 1.807) is 6.92 Å². The van der Waals surface area contributed by atoms with Crippen molar-refractivity contribution < 1.29 is 9.59 Å². The lowest BCUT2D eigenvalue weighted by molar-refractivity contribution is -0.129. The van der Waals surface area contributed by atoms with Crippen LogP contribution in [-0.2, 0) is 15.0 Å². The van der Waals surface area contributed by atoms with E-state index in [1.807, 2.05) is 47.4 Å². The molecule has 28 heavy (non-hydrogen) atoms. The minimum absolute atomic E-state index is 0.0108. The SMILES string of the molecule is CC(=O)N1CCN(c2ccc(NC(=O)CC(C)(C)c3ccccc3)cc2)CC1. The second-order valence-corrected chi connectivity index (χ2v) is 8.01. The molecule has 0 saturated carbocycles. The Morgan fingerprint density at radius 1 is 0.929 bits per heavy atom. The van der Waals surface area contributed by atoms with E-state index < -0.39 is 0 Å². The summed E-state index contributed by atoms with van der Waals surface area (Å²) < 4.78 is 0. The van der Waals surface area contributed by atoms with Crippen LogP contribution in [0.3, 0.4) is 0 Å². The highest BCUT2D eigenvalue weighted by Gasteiger charge is 2.24. The van der Waals surface area contributed by atoms with Crippen molar-refractivity contribution >= 4 is 23.2 Å². The van der Waals surface area contributed by atoms with Crippen molar-refractivity contribution in [1.82, 2.24) is 4.90 Å². The molecule has 2 aromatic rings. The molecule has 2 amide bonds. The molecular formula is C23H29N3O2. The smallest absolute Gasteiger partial charge is 0.225 e. The summed E-state index contributed by atoms with van der Waals surface area (Å²) in [6.45, 7) is 8.96. The van der Waals surface area contributed by atoms with E-state index in [0.29, 0.717) is 6.42 Å². The Kier molecular flexibility index (Phi) is 6.02. The molecule has 5 nitrogen and oxygen atoms in total. The zero-order valence-corrected chi connectivity index (χ0v) is 16.9. The fraction of sp³-hybridized carbons (Fsp3) is 0.391. The summed E-state index contributed by atoms with van der Waals surface area (Å²) in [6.07, 6.45) is 0.422. The first-order valence-corrected chi connectivity index (χ1v) is 9.81. The highest BCUT2D eigenvalue weighted by atomic mass is 16.2. The summed E-state index contributed by atoms with van der Waals surface area (Å²) in [7, 11) is 0. The predicted molar refractivity (Wildman–Crippen MR) is 114 cm³/mol. The van der Waals surface area contributed by atoms with Gasteiger partial charge in [0.05, 0.1) is 0 Å². The zero-order valence-electron chi connectivity index (χ0n) is 16.9. The third-order valence-corrected chi connectivity index (χ3v) is 5.40. The van der Waals surface area contributed by atoms with Crippen molar-refractivity contribution in [1.29, 1.82) is 0 Å². The van der Waals surface area contributed by atoms with Crippen LogP contribution in [0.15, 0.2) is 54.6 Å². The average molecular weight is 380 g/mol. The first-order chi connectivity index (χ1) is 13.3. The van der Waals surface area contributed by atoms with Gasteiger partial charge >= 0.3 is 0 Å². The van der Waals surface area contributed by atoms with Gasteiger partial charge in [0.2, 0.25) is 11.8 Å². The van der Waals surface area contributed by atoms with E-state index in [1.165, 1.54) is 0 Å². The van der Waals surface area contributed by atoms with E-state index >= 15 is 0 Å². The van der Waals surface area contributed by atoms with Crippen molar-refractivity contribution in [2.75, 3.05) is 36.4 Å². The van der Waals surface area contributed by atoms with Gasteiger partial charge in [0.1, 0.15) is 0 Å². The van der Waals surface area contributed by atoms with E-state index in [4.69, 9.17) is 0 Å². The molecule has 148 valence electrons. The number of amides is 2.